The predicted molar refractivity (Wildman–Crippen MR) is 55.0 cm³/mol. The van der Waals surface area contributed by atoms with Crippen molar-refractivity contribution in [1.82, 2.24) is 4.98 Å². The van der Waals surface area contributed by atoms with E-state index in [9.17, 15) is 4.79 Å². The SMILES string of the molecule is CC1=CN(c2ccccn2)CC(=O)C1. The second-order valence-corrected chi connectivity index (χ2v) is 3.51. The topological polar surface area (TPSA) is 33.2 Å². The molecule has 1 aliphatic heterocycles. The molecule has 0 spiro atoms. The predicted octanol–water partition coefficient (Wildman–Crippen LogP) is 1.76. The zero-order valence-electron chi connectivity index (χ0n) is 8.10. The first-order chi connectivity index (χ1) is 6.75. The van der Waals surface area contributed by atoms with Crippen molar-refractivity contribution in [1.29, 1.82) is 0 Å². The van der Waals surface area contributed by atoms with Gasteiger partial charge >= 0.3 is 0 Å². The van der Waals surface area contributed by atoms with Crippen LogP contribution >= 0.6 is 0 Å². The molecule has 0 saturated carbocycles. The zero-order chi connectivity index (χ0) is 9.97. The van der Waals surface area contributed by atoms with Crippen LogP contribution in [0, 0.1) is 0 Å². The standard InChI is InChI=1S/C11H12N2O/c1-9-6-10(14)8-13(7-9)11-4-2-3-5-12-11/h2-5,7H,6,8H2,1H3. The first kappa shape index (κ1) is 8.94. The largest absolute Gasteiger partial charge is 0.326 e. The molecule has 0 aromatic carbocycles. The number of hydrogen-bond acceptors (Lipinski definition) is 3. The molecule has 1 aliphatic rings. The second kappa shape index (κ2) is 3.62. The highest BCUT2D eigenvalue weighted by Crippen LogP contribution is 2.17. The number of carbonyl (C=O) groups excluding carboxylic acids is 1. The molecule has 0 atom stereocenters. The van der Waals surface area contributed by atoms with Gasteiger partial charge in [-0.25, -0.2) is 4.98 Å². The normalized spacial score (nSPS) is 16.8. The lowest BCUT2D eigenvalue weighted by Gasteiger charge is -2.23. The number of nitrogens with zero attached hydrogens (tertiary/aromatic N) is 2. The van der Waals surface area contributed by atoms with Crippen LogP contribution in [0.5, 0.6) is 0 Å². The third-order valence-electron chi connectivity index (χ3n) is 2.14. The van der Waals surface area contributed by atoms with Crippen molar-refractivity contribution in [2.45, 2.75) is 13.3 Å². The highest BCUT2D eigenvalue weighted by Gasteiger charge is 2.16. The van der Waals surface area contributed by atoms with E-state index in [-0.39, 0.29) is 5.78 Å². The fraction of sp³-hybridized carbons (Fsp3) is 0.273. The Hall–Kier alpha value is -1.64. The van der Waals surface area contributed by atoms with Crippen LogP contribution in [0.4, 0.5) is 5.82 Å². The number of rotatable bonds is 1. The molecule has 0 fully saturated rings. The van der Waals surface area contributed by atoms with Gasteiger partial charge in [0.1, 0.15) is 5.82 Å². The summed E-state index contributed by atoms with van der Waals surface area (Å²) in [6.07, 6.45) is 4.30. The summed E-state index contributed by atoms with van der Waals surface area (Å²) in [6.45, 7) is 2.40. The maximum absolute atomic E-state index is 11.3. The van der Waals surface area contributed by atoms with Crippen molar-refractivity contribution in [2.24, 2.45) is 0 Å². The molecular weight excluding hydrogens is 176 g/mol. The Bertz CT molecular complexity index is 370. The van der Waals surface area contributed by atoms with E-state index < -0.39 is 0 Å². The van der Waals surface area contributed by atoms with E-state index in [1.807, 2.05) is 36.2 Å². The molecule has 72 valence electrons. The fourth-order valence-electron chi connectivity index (χ4n) is 1.58. The van der Waals surface area contributed by atoms with E-state index in [1.54, 1.807) is 6.20 Å². The van der Waals surface area contributed by atoms with Gasteiger partial charge in [0, 0.05) is 18.8 Å². The van der Waals surface area contributed by atoms with Crippen LogP contribution in [0.3, 0.4) is 0 Å². The Morgan fingerprint density at radius 3 is 2.93 bits per heavy atom. The Labute approximate surface area is 83.1 Å². The smallest absolute Gasteiger partial charge is 0.156 e. The lowest BCUT2D eigenvalue weighted by Crippen LogP contribution is -2.29. The van der Waals surface area contributed by atoms with Crippen LogP contribution in [0.25, 0.3) is 0 Å². The monoisotopic (exact) mass is 188 g/mol. The Balaban J connectivity index is 2.28. The highest BCUT2D eigenvalue weighted by molar-refractivity contribution is 5.87. The third-order valence-corrected chi connectivity index (χ3v) is 2.14. The van der Waals surface area contributed by atoms with Crippen molar-refractivity contribution < 1.29 is 4.79 Å². The number of ketones is 1. The van der Waals surface area contributed by atoms with Gasteiger partial charge in [-0.3, -0.25) is 4.79 Å². The summed E-state index contributed by atoms with van der Waals surface area (Å²) < 4.78 is 0. The molecule has 3 heteroatoms. The summed E-state index contributed by atoms with van der Waals surface area (Å²) in [5, 5.41) is 0. The number of anilines is 1. The molecule has 2 rings (SSSR count). The van der Waals surface area contributed by atoms with E-state index in [0.29, 0.717) is 13.0 Å². The van der Waals surface area contributed by atoms with E-state index in [4.69, 9.17) is 0 Å². The van der Waals surface area contributed by atoms with Gasteiger partial charge < -0.3 is 4.90 Å². The van der Waals surface area contributed by atoms with Crippen LogP contribution in [0.1, 0.15) is 13.3 Å². The summed E-state index contributed by atoms with van der Waals surface area (Å²) in [7, 11) is 0. The number of pyridine rings is 1. The summed E-state index contributed by atoms with van der Waals surface area (Å²) in [5.74, 6) is 1.08. The van der Waals surface area contributed by atoms with E-state index >= 15 is 0 Å². The van der Waals surface area contributed by atoms with Gasteiger partial charge in [0.15, 0.2) is 5.78 Å². The van der Waals surface area contributed by atoms with Crippen LogP contribution in [0.2, 0.25) is 0 Å². The Morgan fingerprint density at radius 1 is 1.43 bits per heavy atom. The van der Waals surface area contributed by atoms with Crippen LogP contribution < -0.4 is 4.90 Å². The van der Waals surface area contributed by atoms with Gasteiger partial charge in [-0.1, -0.05) is 6.07 Å². The molecule has 0 bridgehead atoms. The van der Waals surface area contributed by atoms with Crippen molar-refractivity contribution in [3.05, 3.63) is 36.2 Å². The quantitative estimate of drug-likeness (QED) is 0.673. The van der Waals surface area contributed by atoms with Gasteiger partial charge in [-0.05, 0) is 24.6 Å². The molecule has 0 saturated heterocycles. The number of hydrogen-bond donors (Lipinski definition) is 0. The maximum atomic E-state index is 11.3. The maximum Gasteiger partial charge on any atom is 0.156 e. The van der Waals surface area contributed by atoms with Gasteiger partial charge in [0.2, 0.25) is 0 Å². The molecule has 2 heterocycles. The molecule has 0 aliphatic carbocycles. The highest BCUT2D eigenvalue weighted by atomic mass is 16.1. The Morgan fingerprint density at radius 2 is 2.29 bits per heavy atom. The molecule has 1 aromatic rings. The molecule has 14 heavy (non-hydrogen) atoms. The second-order valence-electron chi connectivity index (χ2n) is 3.51. The molecule has 0 radical (unpaired) electrons. The molecule has 3 nitrogen and oxygen atoms in total. The van der Waals surface area contributed by atoms with Gasteiger partial charge in [-0.15, -0.1) is 0 Å². The fourth-order valence-corrected chi connectivity index (χ4v) is 1.58. The molecule has 0 unspecified atom stereocenters. The number of aromatic nitrogens is 1. The minimum atomic E-state index is 0.246. The molecule has 0 N–H and O–H groups in total. The Kier molecular flexibility index (Phi) is 2.31. The molecule has 1 aromatic heterocycles. The lowest BCUT2D eigenvalue weighted by atomic mass is 10.1. The van der Waals surface area contributed by atoms with Crippen molar-refractivity contribution in [2.75, 3.05) is 11.4 Å². The van der Waals surface area contributed by atoms with Gasteiger partial charge in [0.25, 0.3) is 0 Å². The van der Waals surface area contributed by atoms with Gasteiger partial charge in [-0.2, -0.15) is 0 Å². The van der Waals surface area contributed by atoms with Crippen molar-refractivity contribution in [3.63, 3.8) is 0 Å². The summed E-state index contributed by atoms with van der Waals surface area (Å²) in [6, 6.07) is 5.69. The summed E-state index contributed by atoms with van der Waals surface area (Å²) in [5.41, 5.74) is 1.09. The lowest BCUT2D eigenvalue weighted by molar-refractivity contribution is -0.117. The van der Waals surface area contributed by atoms with Crippen LogP contribution in [0.15, 0.2) is 36.2 Å². The number of allylic oxidation sites excluding steroid dienone is 1. The zero-order valence-corrected chi connectivity index (χ0v) is 8.10. The minimum Gasteiger partial charge on any atom is -0.326 e. The number of carbonyl (C=O) groups is 1. The first-order valence-corrected chi connectivity index (χ1v) is 4.62. The van der Waals surface area contributed by atoms with Crippen LogP contribution in [-0.2, 0) is 4.79 Å². The average molecular weight is 188 g/mol. The summed E-state index contributed by atoms with van der Waals surface area (Å²) in [4.78, 5) is 17.4. The minimum absolute atomic E-state index is 0.246. The van der Waals surface area contributed by atoms with Crippen molar-refractivity contribution in [3.8, 4) is 0 Å². The molecule has 0 amide bonds. The summed E-state index contributed by atoms with van der Waals surface area (Å²) >= 11 is 0. The van der Waals surface area contributed by atoms with E-state index in [0.717, 1.165) is 11.4 Å². The van der Waals surface area contributed by atoms with E-state index in [1.165, 1.54) is 0 Å². The number of Topliss-reactive ketones (excluding diaryl/α,β-unsaturated/α-hetero) is 1. The van der Waals surface area contributed by atoms with Crippen molar-refractivity contribution >= 4 is 11.6 Å². The first-order valence-electron chi connectivity index (χ1n) is 4.62. The van der Waals surface area contributed by atoms with Crippen LogP contribution in [-0.4, -0.2) is 17.3 Å². The third kappa shape index (κ3) is 1.82. The molecular formula is C11H12N2O. The van der Waals surface area contributed by atoms with E-state index in [2.05, 4.69) is 4.98 Å². The average Bonchev–Trinajstić information content (AvgIpc) is 2.18. The van der Waals surface area contributed by atoms with Gasteiger partial charge in [0.05, 0.1) is 6.54 Å².